The van der Waals surface area contributed by atoms with Gasteiger partial charge >= 0.3 is 0 Å². The SMILES string of the molecule is O=S1(=O)c2ccccc2N[C@H](c2ccc(Cl)c(Cl)c2)N1Cc1ccccc1. The minimum atomic E-state index is -3.71. The molecule has 0 aromatic heterocycles. The summed E-state index contributed by atoms with van der Waals surface area (Å²) in [5.41, 5.74) is 2.18. The molecule has 0 fully saturated rings. The van der Waals surface area contributed by atoms with E-state index in [1.807, 2.05) is 30.3 Å². The minimum Gasteiger partial charge on any atom is -0.364 e. The summed E-state index contributed by atoms with van der Waals surface area (Å²) in [6.45, 7) is 0.232. The second-order valence-corrected chi connectivity index (χ2v) is 8.93. The predicted octanol–water partition coefficient (Wildman–Crippen LogP) is 5.31. The van der Waals surface area contributed by atoms with Gasteiger partial charge in [-0.1, -0.05) is 71.7 Å². The summed E-state index contributed by atoms with van der Waals surface area (Å²) in [7, 11) is -3.71. The highest BCUT2D eigenvalue weighted by Crippen LogP contribution is 2.40. The second-order valence-electron chi connectivity index (χ2n) is 6.25. The summed E-state index contributed by atoms with van der Waals surface area (Å²) < 4.78 is 28.2. The fourth-order valence-electron chi connectivity index (χ4n) is 3.17. The van der Waals surface area contributed by atoms with Gasteiger partial charge in [0.25, 0.3) is 0 Å². The third kappa shape index (κ3) is 3.44. The van der Waals surface area contributed by atoms with Crippen LogP contribution in [0.1, 0.15) is 17.3 Å². The van der Waals surface area contributed by atoms with E-state index in [9.17, 15) is 8.42 Å². The third-order valence-corrected chi connectivity index (χ3v) is 7.10. The fraction of sp³-hybridized carbons (Fsp3) is 0.100. The molecule has 138 valence electrons. The van der Waals surface area contributed by atoms with Crippen molar-refractivity contribution in [3.8, 4) is 0 Å². The lowest BCUT2D eigenvalue weighted by Crippen LogP contribution is -2.42. The van der Waals surface area contributed by atoms with Gasteiger partial charge in [-0.05, 0) is 35.4 Å². The van der Waals surface area contributed by atoms with Crippen LogP contribution in [0.15, 0.2) is 77.7 Å². The lowest BCUT2D eigenvalue weighted by molar-refractivity contribution is 0.336. The van der Waals surface area contributed by atoms with Gasteiger partial charge in [0.05, 0.1) is 15.7 Å². The number of para-hydroxylation sites is 1. The molecule has 0 spiro atoms. The number of halogens is 2. The van der Waals surface area contributed by atoms with Crippen LogP contribution in [0.25, 0.3) is 0 Å². The molecule has 0 saturated heterocycles. The van der Waals surface area contributed by atoms with Gasteiger partial charge in [0, 0.05) is 6.54 Å². The minimum absolute atomic E-state index is 0.232. The first-order valence-corrected chi connectivity index (χ1v) is 10.5. The topological polar surface area (TPSA) is 49.4 Å². The van der Waals surface area contributed by atoms with Crippen LogP contribution in [-0.4, -0.2) is 12.7 Å². The molecule has 0 radical (unpaired) electrons. The molecular formula is C20H16Cl2N2O2S. The fourth-order valence-corrected chi connectivity index (χ4v) is 5.15. The Labute approximate surface area is 168 Å². The molecule has 0 amide bonds. The zero-order chi connectivity index (χ0) is 19.0. The third-order valence-electron chi connectivity index (χ3n) is 4.49. The molecule has 1 atom stereocenters. The van der Waals surface area contributed by atoms with E-state index in [0.717, 1.165) is 11.1 Å². The van der Waals surface area contributed by atoms with Crippen molar-refractivity contribution >= 4 is 38.9 Å². The van der Waals surface area contributed by atoms with Crippen molar-refractivity contribution in [3.05, 3.63) is 94.0 Å². The molecule has 0 unspecified atom stereocenters. The van der Waals surface area contributed by atoms with E-state index < -0.39 is 16.2 Å². The summed E-state index contributed by atoms with van der Waals surface area (Å²) in [5.74, 6) is 0. The monoisotopic (exact) mass is 418 g/mol. The highest BCUT2D eigenvalue weighted by atomic mass is 35.5. The average molecular weight is 419 g/mol. The van der Waals surface area contributed by atoms with Gasteiger partial charge in [-0.3, -0.25) is 0 Å². The van der Waals surface area contributed by atoms with Crippen LogP contribution in [0.5, 0.6) is 0 Å². The molecule has 3 aromatic carbocycles. The molecule has 1 aliphatic heterocycles. The van der Waals surface area contributed by atoms with Crippen molar-refractivity contribution in [2.45, 2.75) is 17.6 Å². The molecule has 1 heterocycles. The molecule has 0 saturated carbocycles. The van der Waals surface area contributed by atoms with Crippen LogP contribution in [0, 0.1) is 0 Å². The first-order valence-electron chi connectivity index (χ1n) is 8.33. The average Bonchev–Trinajstić information content (AvgIpc) is 2.67. The number of nitrogens with one attached hydrogen (secondary N) is 1. The summed E-state index contributed by atoms with van der Waals surface area (Å²) in [5, 5.41) is 4.14. The van der Waals surface area contributed by atoms with Crippen LogP contribution in [0.3, 0.4) is 0 Å². The van der Waals surface area contributed by atoms with Crippen LogP contribution >= 0.6 is 23.2 Å². The van der Waals surface area contributed by atoms with E-state index in [1.54, 1.807) is 42.5 Å². The first kappa shape index (κ1) is 18.3. The van der Waals surface area contributed by atoms with E-state index in [2.05, 4.69) is 5.32 Å². The van der Waals surface area contributed by atoms with Gasteiger partial charge in [-0.15, -0.1) is 0 Å². The Bertz CT molecular complexity index is 1090. The smallest absolute Gasteiger partial charge is 0.247 e. The maximum Gasteiger partial charge on any atom is 0.247 e. The second kappa shape index (κ2) is 7.17. The van der Waals surface area contributed by atoms with Gasteiger partial charge in [0.2, 0.25) is 10.0 Å². The number of nitrogens with zero attached hydrogens (tertiary/aromatic N) is 1. The summed E-state index contributed by atoms with van der Waals surface area (Å²) in [6, 6.07) is 21.5. The Balaban J connectivity index is 1.85. The number of anilines is 1. The number of sulfonamides is 1. The van der Waals surface area contributed by atoms with Crippen molar-refractivity contribution in [1.29, 1.82) is 0 Å². The Hall–Kier alpha value is -2.05. The number of fused-ring (bicyclic) bond motifs is 1. The maximum absolute atomic E-state index is 13.4. The molecule has 7 heteroatoms. The largest absolute Gasteiger partial charge is 0.364 e. The standard InChI is InChI=1S/C20H16Cl2N2O2S/c21-16-11-10-15(12-17(16)22)20-23-18-8-4-5-9-19(18)27(25,26)24(20)13-14-6-2-1-3-7-14/h1-12,20,23H,13H2/t20-/m0/s1. The quantitative estimate of drug-likeness (QED) is 0.626. The lowest BCUT2D eigenvalue weighted by Gasteiger charge is -2.37. The molecule has 3 aromatic rings. The lowest BCUT2D eigenvalue weighted by atomic mass is 10.1. The highest BCUT2D eigenvalue weighted by molar-refractivity contribution is 7.89. The molecular weight excluding hydrogens is 403 g/mol. The normalized spacial score (nSPS) is 18.5. The van der Waals surface area contributed by atoms with Crippen molar-refractivity contribution in [2.24, 2.45) is 0 Å². The van der Waals surface area contributed by atoms with E-state index in [-0.39, 0.29) is 11.4 Å². The summed E-state index contributed by atoms with van der Waals surface area (Å²) in [4.78, 5) is 0.261. The Morgan fingerprint density at radius 2 is 1.59 bits per heavy atom. The van der Waals surface area contributed by atoms with Gasteiger partial charge in [-0.25, -0.2) is 8.42 Å². The van der Waals surface area contributed by atoms with Gasteiger partial charge < -0.3 is 5.32 Å². The molecule has 0 bridgehead atoms. The van der Waals surface area contributed by atoms with Crippen molar-refractivity contribution < 1.29 is 8.42 Å². The number of rotatable bonds is 3. The number of hydrogen-bond acceptors (Lipinski definition) is 3. The van der Waals surface area contributed by atoms with Crippen LogP contribution in [0.2, 0.25) is 10.0 Å². The van der Waals surface area contributed by atoms with Crippen LogP contribution < -0.4 is 5.32 Å². The first-order chi connectivity index (χ1) is 13.0. The van der Waals surface area contributed by atoms with Crippen LogP contribution in [0.4, 0.5) is 5.69 Å². The number of benzene rings is 3. The van der Waals surface area contributed by atoms with Gasteiger partial charge in [0.15, 0.2) is 0 Å². The molecule has 4 rings (SSSR count). The van der Waals surface area contributed by atoms with E-state index in [0.29, 0.717) is 15.7 Å². The predicted molar refractivity (Wildman–Crippen MR) is 108 cm³/mol. The van der Waals surface area contributed by atoms with Crippen molar-refractivity contribution in [1.82, 2.24) is 4.31 Å². The van der Waals surface area contributed by atoms with Gasteiger partial charge in [-0.2, -0.15) is 4.31 Å². The van der Waals surface area contributed by atoms with Crippen molar-refractivity contribution in [2.75, 3.05) is 5.32 Å². The highest BCUT2D eigenvalue weighted by Gasteiger charge is 2.38. The molecule has 1 N–H and O–H groups in total. The molecule has 4 nitrogen and oxygen atoms in total. The Morgan fingerprint density at radius 3 is 2.33 bits per heavy atom. The molecule has 27 heavy (non-hydrogen) atoms. The zero-order valence-electron chi connectivity index (χ0n) is 14.1. The van der Waals surface area contributed by atoms with E-state index >= 15 is 0 Å². The Kier molecular flexibility index (Phi) is 4.86. The maximum atomic E-state index is 13.4. The summed E-state index contributed by atoms with van der Waals surface area (Å²) in [6.07, 6.45) is -0.597. The van der Waals surface area contributed by atoms with Crippen molar-refractivity contribution in [3.63, 3.8) is 0 Å². The van der Waals surface area contributed by atoms with Gasteiger partial charge in [0.1, 0.15) is 11.1 Å². The molecule has 1 aliphatic rings. The molecule has 0 aliphatic carbocycles. The Morgan fingerprint density at radius 1 is 0.889 bits per heavy atom. The number of hydrogen-bond donors (Lipinski definition) is 1. The van der Waals surface area contributed by atoms with E-state index in [1.165, 1.54) is 4.31 Å². The zero-order valence-corrected chi connectivity index (χ0v) is 16.5. The van der Waals surface area contributed by atoms with E-state index in [4.69, 9.17) is 23.2 Å². The summed E-state index contributed by atoms with van der Waals surface area (Å²) >= 11 is 12.2. The van der Waals surface area contributed by atoms with Crippen LogP contribution in [-0.2, 0) is 16.6 Å².